The molecule has 2 atom stereocenters. The number of anilines is 1. The van der Waals surface area contributed by atoms with Crippen molar-refractivity contribution in [2.24, 2.45) is 0 Å². The molecule has 0 saturated carbocycles. The number of nitrogens with one attached hydrogen (secondary N) is 1. The molecule has 0 spiro atoms. The summed E-state index contributed by atoms with van der Waals surface area (Å²) in [6, 6.07) is 2.49. The highest BCUT2D eigenvalue weighted by Gasteiger charge is 2.37. The molecular formula is C17H20FN3O5. The van der Waals surface area contributed by atoms with E-state index in [2.05, 4.69) is 5.32 Å². The molecule has 4 N–H and O–H groups in total. The van der Waals surface area contributed by atoms with E-state index in [9.17, 15) is 23.6 Å². The summed E-state index contributed by atoms with van der Waals surface area (Å²) in [5.41, 5.74) is 7.23. The number of carbonyl (C=O) groups excluding carboxylic acids is 3. The average Bonchev–Trinajstić information content (AvgIpc) is 2.90. The Balaban J connectivity index is 2.17. The molecule has 0 aromatic heterocycles. The van der Waals surface area contributed by atoms with Crippen LogP contribution in [0.1, 0.15) is 35.7 Å². The smallest absolute Gasteiger partial charge is 0.305 e. The largest absolute Gasteiger partial charge is 0.481 e. The fraction of sp³-hybridized carbons (Fsp3) is 0.412. The van der Waals surface area contributed by atoms with E-state index >= 15 is 0 Å². The molecule has 140 valence electrons. The van der Waals surface area contributed by atoms with Crippen molar-refractivity contribution in [2.75, 3.05) is 12.4 Å². The Bertz CT molecular complexity index is 752. The predicted octanol–water partition coefficient (Wildman–Crippen LogP) is 0.501. The molecule has 1 aromatic carbocycles. The number of fused-ring (bicyclic) bond motifs is 1. The lowest BCUT2D eigenvalue weighted by Crippen LogP contribution is -2.52. The molecular weight excluding hydrogens is 345 g/mol. The highest BCUT2D eigenvalue weighted by Crippen LogP contribution is 2.27. The van der Waals surface area contributed by atoms with Gasteiger partial charge in [0.15, 0.2) is 5.78 Å². The molecule has 1 aliphatic heterocycles. The Morgan fingerprint density at radius 2 is 2.08 bits per heavy atom. The molecule has 0 fully saturated rings. The summed E-state index contributed by atoms with van der Waals surface area (Å²) in [4.78, 5) is 48.8. The van der Waals surface area contributed by atoms with Gasteiger partial charge >= 0.3 is 5.97 Å². The number of aliphatic carboxylic acids is 1. The number of nitrogen functional groups attached to an aromatic ring is 1. The Kier molecular flexibility index (Phi) is 5.91. The number of halogens is 1. The first-order chi connectivity index (χ1) is 12.3. The van der Waals surface area contributed by atoms with Crippen LogP contribution in [-0.4, -0.2) is 52.3 Å². The van der Waals surface area contributed by atoms with E-state index in [1.165, 1.54) is 11.0 Å². The molecule has 0 radical (unpaired) electrons. The van der Waals surface area contributed by atoms with Crippen LogP contribution in [0.4, 0.5) is 10.1 Å². The minimum Gasteiger partial charge on any atom is -0.481 e. The van der Waals surface area contributed by atoms with Crippen molar-refractivity contribution in [2.45, 2.75) is 38.4 Å². The van der Waals surface area contributed by atoms with Crippen molar-refractivity contribution >= 4 is 29.3 Å². The van der Waals surface area contributed by atoms with Gasteiger partial charge in [-0.2, -0.15) is 0 Å². The Morgan fingerprint density at radius 1 is 1.38 bits per heavy atom. The lowest BCUT2D eigenvalue weighted by atomic mass is 10.1. The zero-order valence-electron chi connectivity index (χ0n) is 14.2. The number of Topliss-reactive ketones (excluding diaryl/α,β-unsaturated/α-hetero) is 1. The number of hydrogen-bond donors (Lipinski definition) is 3. The summed E-state index contributed by atoms with van der Waals surface area (Å²) < 4.78 is 12.6. The number of ketones is 1. The van der Waals surface area contributed by atoms with Crippen molar-refractivity contribution < 1.29 is 28.7 Å². The van der Waals surface area contributed by atoms with Gasteiger partial charge in [0.05, 0.1) is 6.42 Å². The van der Waals surface area contributed by atoms with Crippen molar-refractivity contribution in [3.63, 3.8) is 0 Å². The van der Waals surface area contributed by atoms with Gasteiger partial charge in [-0.15, -0.1) is 0 Å². The molecule has 2 unspecified atom stereocenters. The lowest BCUT2D eigenvalue weighted by molar-refractivity contribution is -0.140. The van der Waals surface area contributed by atoms with E-state index in [1.807, 2.05) is 0 Å². The minimum atomic E-state index is -1.48. The summed E-state index contributed by atoms with van der Waals surface area (Å²) in [5.74, 6) is -3.44. The van der Waals surface area contributed by atoms with Crippen LogP contribution in [0.3, 0.4) is 0 Å². The highest BCUT2D eigenvalue weighted by molar-refractivity contribution is 6.02. The molecule has 2 rings (SSSR count). The van der Waals surface area contributed by atoms with Gasteiger partial charge in [-0.05, 0) is 24.1 Å². The topological polar surface area (TPSA) is 130 Å². The Morgan fingerprint density at radius 3 is 2.65 bits per heavy atom. The molecule has 1 aliphatic rings. The first kappa shape index (κ1) is 19.4. The molecule has 1 heterocycles. The Hall–Kier alpha value is -2.97. The molecule has 0 aliphatic carbocycles. The standard InChI is InChI=1S/C17H20FN3O5/c1-2-13(16(25)20-12(6-15(23)24)14(22)7-18)21-8-9-3-4-10(19)5-11(9)17(21)26/h3-5,12-13H,2,6-8,19H2,1H3,(H,20,25)(H,23,24). The molecule has 0 saturated heterocycles. The van der Waals surface area contributed by atoms with Crippen LogP contribution >= 0.6 is 0 Å². The first-order valence-corrected chi connectivity index (χ1v) is 8.08. The fourth-order valence-electron chi connectivity index (χ4n) is 2.92. The van der Waals surface area contributed by atoms with E-state index in [0.717, 1.165) is 5.56 Å². The van der Waals surface area contributed by atoms with Gasteiger partial charge in [0.1, 0.15) is 18.8 Å². The lowest BCUT2D eigenvalue weighted by Gasteiger charge is -2.27. The predicted molar refractivity (Wildman–Crippen MR) is 90.0 cm³/mol. The van der Waals surface area contributed by atoms with Crippen LogP contribution in [0, 0.1) is 0 Å². The van der Waals surface area contributed by atoms with Crippen molar-refractivity contribution in [3.8, 4) is 0 Å². The van der Waals surface area contributed by atoms with Crippen LogP contribution in [0.5, 0.6) is 0 Å². The molecule has 26 heavy (non-hydrogen) atoms. The normalized spacial score (nSPS) is 15.3. The molecule has 2 amide bonds. The van der Waals surface area contributed by atoms with Gasteiger partial charge in [0, 0.05) is 17.8 Å². The van der Waals surface area contributed by atoms with E-state index < -0.39 is 42.8 Å². The third-order valence-electron chi connectivity index (χ3n) is 4.25. The number of alkyl halides is 1. The second-order valence-electron chi connectivity index (χ2n) is 6.03. The van der Waals surface area contributed by atoms with Crippen LogP contribution in [0.2, 0.25) is 0 Å². The van der Waals surface area contributed by atoms with Crippen LogP contribution < -0.4 is 11.1 Å². The molecule has 9 heteroatoms. The van der Waals surface area contributed by atoms with Crippen molar-refractivity contribution in [1.82, 2.24) is 10.2 Å². The number of carbonyl (C=O) groups is 4. The second kappa shape index (κ2) is 7.94. The summed E-state index contributed by atoms with van der Waals surface area (Å²) in [6.07, 6.45) is -0.486. The van der Waals surface area contributed by atoms with Gasteiger partial charge in [-0.3, -0.25) is 19.2 Å². The fourth-order valence-corrected chi connectivity index (χ4v) is 2.92. The van der Waals surface area contributed by atoms with Gasteiger partial charge in [-0.25, -0.2) is 4.39 Å². The maximum absolute atomic E-state index is 12.6. The van der Waals surface area contributed by atoms with Crippen molar-refractivity contribution in [3.05, 3.63) is 29.3 Å². The van der Waals surface area contributed by atoms with Crippen LogP contribution in [0.25, 0.3) is 0 Å². The summed E-state index contributed by atoms with van der Waals surface area (Å²) in [5, 5.41) is 11.1. The third-order valence-corrected chi connectivity index (χ3v) is 4.25. The van der Waals surface area contributed by atoms with Gasteiger partial charge in [0.25, 0.3) is 5.91 Å². The number of carboxylic acids is 1. The zero-order chi connectivity index (χ0) is 19.4. The van der Waals surface area contributed by atoms with Crippen LogP contribution in [0.15, 0.2) is 18.2 Å². The number of rotatable bonds is 8. The zero-order valence-corrected chi connectivity index (χ0v) is 14.2. The number of carboxylic acid groups (broad SMARTS) is 1. The molecule has 0 bridgehead atoms. The van der Waals surface area contributed by atoms with E-state index in [0.29, 0.717) is 11.3 Å². The number of amides is 2. The SMILES string of the molecule is CCC(C(=O)NC(CC(=O)O)C(=O)CF)N1Cc2ccc(N)cc2C1=O. The molecule has 1 aromatic rings. The third kappa shape index (κ3) is 3.98. The van der Waals surface area contributed by atoms with Gasteiger partial charge in [0.2, 0.25) is 5.91 Å². The quantitative estimate of drug-likeness (QED) is 0.575. The van der Waals surface area contributed by atoms with E-state index in [1.54, 1.807) is 19.1 Å². The number of nitrogens with two attached hydrogens (primary N) is 1. The number of hydrogen-bond acceptors (Lipinski definition) is 5. The van der Waals surface area contributed by atoms with Crippen LogP contribution in [-0.2, 0) is 20.9 Å². The highest BCUT2D eigenvalue weighted by atomic mass is 19.1. The van der Waals surface area contributed by atoms with Gasteiger partial charge in [-0.1, -0.05) is 13.0 Å². The maximum Gasteiger partial charge on any atom is 0.305 e. The first-order valence-electron chi connectivity index (χ1n) is 8.08. The summed E-state index contributed by atoms with van der Waals surface area (Å²) >= 11 is 0. The monoisotopic (exact) mass is 365 g/mol. The second-order valence-corrected chi connectivity index (χ2v) is 6.03. The van der Waals surface area contributed by atoms with E-state index in [-0.39, 0.29) is 18.9 Å². The van der Waals surface area contributed by atoms with Crippen molar-refractivity contribution in [1.29, 1.82) is 0 Å². The van der Waals surface area contributed by atoms with Gasteiger partial charge < -0.3 is 21.1 Å². The summed E-state index contributed by atoms with van der Waals surface area (Å²) in [6.45, 7) is 0.488. The van der Waals surface area contributed by atoms with E-state index in [4.69, 9.17) is 10.8 Å². The molecule has 8 nitrogen and oxygen atoms in total. The Labute approximate surface area is 149 Å². The minimum absolute atomic E-state index is 0.195. The number of benzene rings is 1. The maximum atomic E-state index is 12.6. The number of nitrogens with zero attached hydrogens (tertiary/aromatic N) is 1. The summed E-state index contributed by atoms with van der Waals surface area (Å²) in [7, 11) is 0. The average molecular weight is 365 g/mol.